The van der Waals surface area contributed by atoms with E-state index in [-0.39, 0.29) is 35.1 Å². The van der Waals surface area contributed by atoms with Gasteiger partial charge in [0.15, 0.2) is 11.6 Å². The number of carboxylic acid groups (broad SMARTS) is 2. The van der Waals surface area contributed by atoms with Crippen LogP contribution in [0.25, 0.3) is 0 Å². The molecule has 3 aliphatic rings. The van der Waals surface area contributed by atoms with Crippen molar-refractivity contribution in [2.45, 2.75) is 18.6 Å². The van der Waals surface area contributed by atoms with Crippen LogP contribution in [0, 0.1) is 0 Å². The molecule has 0 unspecified atom stereocenters. The van der Waals surface area contributed by atoms with Crippen molar-refractivity contribution in [3.63, 3.8) is 0 Å². The van der Waals surface area contributed by atoms with Crippen LogP contribution in [-0.4, -0.2) is 43.9 Å². The molecule has 0 atom stereocenters. The zero-order valence-electron chi connectivity index (χ0n) is 10.6. The minimum absolute atomic E-state index is 0.0616. The summed E-state index contributed by atoms with van der Waals surface area (Å²) in [5, 5.41) is 37.7. The van der Waals surface area contributed by atoms with Crippen LogP contribution in [0.2, 0.25) is 0 Å². The molecule has 0 saturated carbocycles. The number of ketones is 1. The average molecular weight is 290 g/mol. The Balaban J connectivity index is 2.13. The third-order valence-corrected chi connectivity index (χ3v) is 3.69. The Morgan fingerprint density at radius 1 is 1.00 bits per heavy atom. The van der Waals surface area contributed by atoms with E-state index < -0.39 is 23.5 Å². The summed E-state index contributed by atoms with van der Waals surface area (Å²) in [5.41, 5.74) is 0.486. The molecule has 3 aliphatic carbocycles. The number of carbonyl (C=O) groups is 3. The number of rotatable bonds is 2. The van der Waals surface area contributed by atoms with Gasteiger partial charge in [-0.3, -0.25) is 4.79 Å². The fourth-order valence-electron chi connectivity index (χ4n) is 2.94. The van der Waals surface area contributed by atoms with Crippen molar-refractivity contribution in [1.29, 1.82) is 0 Å². The molecule has 108 valence electrons. The Morgan fingerprint density at radius 3 is 2.14 bits per heavy atom. The van der Waals surface area contributed by atoms with Crippen molar-refractivity contribution in [2.75, 3.05) is 0 Å². The molecule has 0 aromatic carbocycles. The Bertz CT molecular complexity index is 743. The zero-order chi connectivity index (χ0) is 15.5. The smallest absolute Gasteiger partial charge is 0.336 e. The Hall–Kier alpha value is -2.51. The fraction of sp³-hybridized carbons (Fsp3) is 0.214. The van der Waals surface area contributed by atoms with Gasteiger partial charge in [0.25, 0.3) is 0 Å². The van der Waals surface area contributed by atoms with E-state index in [9.17, 15) is 29.7 Å². The highest BCUT2D eigenvalue weighted by Gasteiger charge is 2.45. The molecule has 0 spiro atoms. The third-order valence-electron chi connectivity index (χ3n) is 3.69. The second kappa shape index (κ2) is 4.00. The first-order valence-corrected chi connectivity index (χ1v) is 6.08. The number of allylic oxidation sites excluding steroid dienone is 2. The van der Waals surface area contributed by atoms with E-state index in [1.165, 1.54) is 0 Å². The van der Waals surface area contributed by atoms with Crippen molar-refractivity contribution in [3.8, 4) is 0 Å². The molecule has 0 heterocycles. The van der Waals surface area contributed by atoms with Gasteiger partial charge in [-0.2, -0.15) is 0 Å². The number of carboxylic acids is 2. The highest BCUT2D eigenvalue weighted by atomic mass is 16.5. The first kappa shape index (κ1) is 13.5. The van der Waals surface area contributed by atoms with Crippen LogP contribution in [0.4, 0.5) is 0 Å². The summed E-state index contributed by atoms with van der Waals surface area (Å²) in [6.07, 6.45) is 1.43. The summed E-state index contributed by atoms with van der Waals surface area (Å²) >= 11 is 0. The number of hydrogen-bond acceptors (Lipinski definition) is 5. The van der Waals surface area contributed by atoms with Crippen molar-refractivity contribution >= 4 is 17.7 Å². The number of carbonyl (C=O) groups excluding carboxylic acids is 1. The van der Waals surface area contributed by atoms with Crippen LogP contribution in [0.1, 0.15) is 12.8 Å². The zero-order valence-corrected chi connectivity index (χ0v) is 10.6. The molecule has 0 amide bonds. The highest BCUT2D eigenvalue weighted by molar-refractivity contribution is 6.11. The number of hydrogen-bond donors (Lipinski definition) is 4. The van der Waals surface area contributed by atoms with E-state index >= 15 is 0 Å². The molecule has 3 rings (SSSR count). The van der Waals surface area contributed by atoms with Gasteiger partial charge in [-0.1, -0.05) is 0 Å². The lowest BCUT2D eigenvalue weighted by Crippen LogP contribution is -2.37. The van der Waals surface area contributed by atoms with Crippen molar-refractivity contribution in [2.24, 2.45) is 0 Å². The van der Waals surface area contributed by atoms with E-state index in [0.717, 1.165) is 12.2 Å². The molecule has 0 saturated heterocycles. The van der Waals surface area contributed by atoms with Crippen LogP contribution in [0.15, 0.2) is 45.6 Å². The van der Waals surface area contributed by atoms with E-state index in [2.05, 4.69) is 0 Å². The number of fused-ring (bicyclic) bond motifs is 2. The monoisotopic (exact) mass is 290 g/mol. The topological polar surface area (TPSA) is 132 Å². The normalized spacial score (nSPS) is 22.9. The predicted octanol–water partition coefficient (Wildman–Crippen LogP) is -0.327. The molecule has 7 nitrogen and oxygen atoms in total. The molecule has 0 radical (unpaired) electrons. The van der Waals surface area contributed by atoms with E-state index in [0.29, 0.717) is 11.1 Å². The molecule has 0 aromatic heterocycles. The Morgan fingerprint density at radius 2 is 1.57 bits per heavy atom. The van der Waals surface area contributed by atoms with Crippen LogP contribution in [0.5, 0.6) is 0 Å². The first-order valence-electron chi connectivity index (χ1n) is 6.08. The maximum Gasteiger partial charge on any atom is 0.336 e. The van der Waals surface area contributed by atoms with Crippen molar-refractivity contribution in [3.05, 3.63) is 45.6 Å². The molecule has 7 heteroatoms. The lowest BCUT2D eigenvalue weighted by atomic mass is 9.65. The van der Waals surface area contributed by atoms with Gasteiger partial charge in [-0.05, 0) is 23.3 Å². The van der Waals surface area contributed by atoms with Crippen LogP contribution >= 0.6 is 0 Å². The standard InChI is InChI=1S/C14H10O7/c15-5-1-6-8-3-14(20,21)4-9(13(18)19)11(8)10(6)7(2-5)12(16)17/h2,4,20-21H,1,3H2,(H,16,17)(H,18,19). The summed E-state index contributed by atoms with van der Waals surface area (Å²) in [4.78, 5) is 34.1. The summed E-state index contributed by atoms with van der Waals surface area (Å²) in [5.74, 6) is -5.44. The summed E-state index contributed by atoms with van der Waals surface area (Å²) in [7, 11) is 0. The summed E-state index contributed by atoms with van der Waals surface area (Å²) in [6.45, 7) is 0. The second-order valence-corrected chi connectivity index (χ2v) is 5.13. The molecule has 4 N–H and O–H groups in total. The minimum Gasteiger partial charge on any atom is -0.478 e. The average Bonchev–Trinajstić information content (AvgIpc) is 2.35. The van der Waals surface area contributed by atoms with Gasteiger partial charge in [0, 0.05) is 24.0 Å². The van der Waals surface area contributed by atoms with Gasteiger partial charge >= 0.3 is 11.9 Å². The Labute approximate surface area is 117 Å². The molecular weight excluding hydrogens is 280 g/mol. The largest absolute Gasteiger partial charge is 0.478 e. The summed E-state index contributed by atoms with van der Waals surface area (Å²) in [6, 6.07) is 0. The lowest BCUT2D eigenvalue weighted by Gasteiger charge is -2.39. The van der Waals surface area contributed by atoms with Gasteiger partial charge < -0.3 is 20.4 Å². The van der Waals surface area contributed by atoms with Gasteiger partial charge in [0.05, 0.1) is 11.1 Å². The van der Waals surface area contributed by atoms with Crippen molar-refractivity contribution < 1.29 is 34.8 Å². The quantitative estimate of drug-likeness (QED) is 0.512. The molecular formula is C14H10O7. The predicted molar refractivity (Wildman–Crippen MR) is 66.9 cm³/mol. The number of aliphatic hydroxyl groups is 2. The Kier molecular flexibility index (Phi) is 2.56. The maximum atomic E-state index is 11.6. The van der Waals surface area contributed by atoms with E-state index in [1.54, 1.807) is 0 Å². The van der Waals surface area contributed by atoms with Crippen LogP contribution < -0.4 is 0 Å². The molecule has 0 bridgehead atoms. The maximum absolute atomic E-state index is 11.6. The molecule has 0 fully saturated rings. The van der Waals surface area contributed by atoms with E-state index in [4.69, 9.17) is 5.11 Å². The molecule has 21 heavy (non-hydrogen) atoms. The SMILES string of the molecule is O=C1C=C(C(=O)O)C2=C(C1)C1=C2C(C(=O)O)=CC(O)(O)C1. The van der Waals surface area contributed by atoms with E-state index in [1.807, 2.05) is 0 Å². The summed E-state index contributed by atoms with van der Waals surface area (Å²) < 4.78 is 0. The number of aliphatic carboxylic acids is 2. The minimum atomic E-state index is -2.32. The molecule has 0 aliphatic heterocycles. The van der Waals surface area contributed by atoms with Gasteiger partial charge in [-0.15, -0.1) is 0 Å². The van der Waals surface area contributed by atoms with Crippen LogP contribution in [0.3, 0.4) is 0 Å². The van der Waals surface area contributed by atoms with Crippen LogP contribution in [-0.2, 0) is 14.4 Å². The van der Waals surface area contributed by atoms with Gasteiger partial charge in [0.1, 0.15) is 0 Å². The highest BCUT2D eigenvalue weighted by Crippen LogP contribution is 2.52. The third kappa shape index (κ3) is 1.86. The van der Waals surface area contributed by atoms with Crippen molar-refractivity contribution in [1.82, 2.24) is 0 Å². The fourth-order valence-corrected chi connectivity index (χ4v) is 2.94. The lowest BCUT2D eigenvalue weighted by molar-refractivity contribution is -0.136. The van der Waals surface area contributed by atoms with Gasteiger partial charge in [0.2, 0.25) is 0 Å². The van der Waals surface area contributed by atoms with Gasteiger partial charge in [-0.25, -0.2) is 9.59 Å². The first-order chi connectivity index (χ1) is 9.71. The second-order valence-electron chi connectivity index (χ2n) is 5.13. The molecule has 0 aromatic rings.